The first-order valence-corrected chi connectivity index (χ1v) is 4.45. The largest absolute Gasteiger partial charge is 0.550 e. The smallest absolute Gasteiger partial charge is 0.0617 e. The predicted molar refractivity (Wildman–Crippen MR) is 44.3 cm³/mol. The molecule has 3 heteroatoms. The van der Waals surface area contributed by atoms with Crippen LogP contribution in [-0.2, 0) is 4.79 Å². The molecule has 1 N–H and O–H groups in total. The molecule has 0 aliphatic carbocycles. The molecule has 0 aliphatic heterocycles. The lowest BCUT2D eigenvalue weighted by molar-refractivity contribution is -0.307. The van der Waals surface area contributed by atoms with Gasteiger partial charge in [0.15, 0.2) is 0 Å². The van der Waals surface area contributed by atoms with Gasteiger partial charge in [0.05, 0.1) is 6.10 Å². The highest BCUT2D eigenvalue weighted by molar-refractivity contribution is 5.64. The number of rotatable bonds is 6. The summed E-state index contributed by atoms with van der Waals surface area (Å²) in [4.78, 5) is 10.1. The van der Waals surface area contributed by atoms with Crippen molar-refractivity contribution in [2.45, 2.75) is 45.6 Å². The van der Waals surface area contributed by atoms with Gasteiger partial charge in [-0.3, -0.25) is 0 Å². The first-order chi connectivity index (χ1) is 5.57. The molecule has 0 spiro atoms. The van der Waals surface area contributed by atoms with Crippen molar-refractivity contribution in [2.75, 3.05) is 0 Å². The third-order valence-corrected chi connectivity index (χ3v) is 2.05. The van der Waals surface area contributed by atoms with Gasteiger partial charge in [0.25, 0.3) is 0 Å². The predicted octanol–water partition coefficient (Wildman–Crippen LogP) is 0.314. The Hall–Kier alpha value is -0.570. The SMILES string of the molecule is CCCCC(C)C(O)CC(=O)[O-]. The minimum atomic E-state index is -1.18. The number of carbonyl (C=O) groups is 1. The van der Waals surface area contributed by atoms with Crippen molar-refractivity contribution in [3.63, 3.8) is 0 Å². The Kier molecular flexibility index (Phi) is 5.72. The van der Waals surface area contributed by atoms with Gasteiger partial charge in [-0.25, -0.2) is 0 Å². The fourth-order valence-corrected chi connectivity index (χ4v) is 1.09. The van der Waals surface area contributed by atoms with Crippen molar-refractivity contribution < 1.29 is 15.0 Å². The number of aliphatic hydroxyl groups excluding tert-OH is 1. The number of hydrogen-bond acceptors (Lipinski definition) is 3. The van der Waals surface area contributed by atoms with Gasteiger partial charge in [0.1, 0.15) is 0 Å². The lowest BCUT2D eigenvalue weighted by Gasteiger charge is -2.18. The van der Waals surface area contributed by atoms with E-state index in [1.165, 1.54) is 0 Å². The summed E-state index contributed by atoms with van der Waals surface area (Å²) in [5.41, 5.74) is 0. The van der Waals surface area contributed by atoms with E-state index >= 15 is 0 Å². The van der Waals surface area contributed by atoms with E-state index in [-0.39, 0.29) is 12.3 Å². The van der Waals surface area contributed by atoms with Crippen LogP contribution in [0.3, 0.4) is 0 Å². The van der Waals surface area contributed by atoms with Crippen LogP contribution in [0.4, 0.5) is 0 Å². The van der Waals surface area contributed by atoms with Gasteiger partial charge < -0.3 is 15.0 Å². The van der Waals surface area contributed by atoms with Crippen LogP contribution >= 0.6 is 0 Å². The number of aliphatic carboxylic acids is 1. The molecule has 72 valence electrons. The summed E-state index contributed by atoms with van der Waals surface area (Å²) >= 11 is 0. The molecule has 2 atom stereocenters. The van der Waals surface area contributed by atoms with Gasteiger partial charge in [0.2, 0.25) is 0 Å². The van der Waals surface area contributed by atoms with Gasteiger partial charge in [-0.05, 0) is 12.3 Å². The van der Waals surface area contributed by atoms with Crippen LogP contribution in [0, 0.1) is 5.92 Å². The lowest BCUT2D eigenvalue weighted by Crippen LogP contribution is -2.30. The van der Waals surface area contributed by atoms with Crippen LogP contribution in [0.25, 0.3) is 0 Å². The summed E-state index contributed by atoms with van der Waals surface area (Å²) < 4.78 is 0. The highest BCUT2D eigenvalue weighted by Crippen LogP contribution is 2.14. The standard InChI is InChI=1S/C9H18O3/c1-3-4-5-7(2)8(10)6-9(11)12/h7-8,10H,3-6H2,1-2H3,(H,11,12)/p-1. The number of carboxylic acids is 1. The third kappa shape index (κ3) is 5.13. The van der Waals surface area contributed by atoms with E-state index in [9.17, 15) is 15.0 Å². The monoisotopic (exact) mass is 173 g/mol. The van der Waals surface area contributed by atoms with Crippen LogP contribution in [0.5, 0.6) is 0 Å². The molecular weight excluding hydrogens is 156 g/mol. The fraction of sp³-hybridized carbons (Fsp3) is 0.889. The zero-order valence-electron chi connectivity index (χ0n) is 7.75. The number of unbranched alkanes of at least 4 members (excludes halogenated alkanes) is 1. The minimum absolute atomic E-state index is 0.0582. The van der Waals surface area contributed by atoms with Gasteiger partial charge in [-0.15, -0.1) is 0 Å². The number of carbonyl (C=O) groups excluding carboxylic acids is 1. The van der Waals surface area contributed by atoms with Crippen molar-refractivity contribution >= 4 is 5.97 Å². The molecule has 0 radical (unpaired) electrons. The molecular formula is C9H17O3-. The molecule has 12 heavy (non-hydrogen) atoms. The van der Waals surface area contributed by atoms with Crippen molar-refractivity contribution in [1.29, 1.82) is 0 Å². The molecule has 0 aromatic carbocycles. The Morgan fingerprint density at radius 3 is 2.58 bits per heavy atom. The number of aliphatic hydroxyl groups is 1. The second kappa shape index (κ2) is 6.00. The normalized spacial score (nSPS) is 15.6. The first-order valence-electron chi connectivity index (χ1n) is 4.45. The molecule has 0 saturated carbocycles. The molecule has 0 bridgehead atoms. The molecule has 0 aromatic heterocycles. The average molecular weight is 173 g/mol. The van der Waals surface area contributed by atoms with Crippen molar-refractivity contribution in [3.05, 3.63) is 0 Å². The molecule has 0 aromatic rings. The highest BCUT2D eigenvalue weighted by Gasteiger charge is 2.13. The maximum absolute atomic E-state index is 10.1. The van der Waals surface area contributed by atoms with E-state index < -0.39 is 12.1 Å². The summed E-state index contributed by atoms with van der Waals surface area (Å²) in [5.74, 6) is -1.12. The van der Waals surface area contributed by atoms with Gasteiger partial charge >= 0.3 is 0 Å². The molecule has 0 heterocycles. The second-order valence-corrected chi connectivity index (χ2v) is 3.26. The average Bonchev–Trinajstić information content (AvgIpc) is 1.98. The molecule has 0 fully saturated rings. The van der Waals surface area contributed by atoms with E-state index in [0.29, 0.717) is 0 Å². The van der Waals surface area contributed by atoms with E-state index in [1.807, 2.05) is 6.92 Å². The summed E-state index contributed by atoms with van der Waals surface area (Å²) in [6.45, 7) is 3.93. The van der Waals surface area contributed by atoms with Crippen LogP contribution in [-0.4, -0.2) is 17.2 Å². The van der Waals surface area contributed by atoms with Crippen molar-refractivity contribution in [1.82, 2.24) is 0 Å². The summed E-state index contributed by atoms with van der Waals surface area (Å²) in [7, 11) is 0. The molecule has 0 amide bonds. The maximum atomic E-state index is 10.1. The van der Waals surface area contributed by atoms with Crippen LogP contribution < -0.4 is 5.11 Å². The second-order valence-electron chi connectivity index (χ2n) is 3.26. The number of carboxylic acid groups (broad SMARTS) is 1. The number of hydrogen-bond donors (Lipinski definition) is 1. The van der Waals surface area contributed by atoms with E-state index in [1.54, 1.807) is 0 Å². The van der Waals surface area contributed by atoms with Crippen molar-refractivity contribution in [2.24, 2.45) is 5.92 Å². The Bertz CT molecular complexity index is 134. The molecule has 0 saturated heterocycles. The van der Waals surface area contributed by atoms with E-state index in [2.05, 4.69) is 6.92 Å². The fourth-order valence-electron chi connectivity index (χ4n) is 1.09. The lowest BCUT2D eigenvalue weighted by atomic mass is 9.96. The van der Waals surface area contributed by atoms with Crippen LogP contribution in [0.15, 0.2) is 0 Å². The Morgan fingerprint density at radius 1 is 1.58 bits per heavy atom. The Morgan fingerprint density at radius 2 is 2.17 bits per heavy atom. The van der Waals surface area contributed by atoms with Crippen LogP contribution in [0.2, 0.25) is 0 Å². The topological polar surface area (TPSA) is 60.4 Å². The molecule has 0 aliphatic rings. The highest BCUT2D eigenvalue weighted by atomic mass is 16.4. The molecule has 2 unspecified atom stereocenters. The molecule has 3 nitrogen and oxygen atoms in total. The maximum Gasteiger partial charge on any atom is 0.0617 e. The first kappa shape index (κ1) is 11.4. The van der Waals surface area contributed by atoms with E-state index in [4.69, 9.17) is 0 Å². The zero-order chi connectivity index (χ0) is 9.56. The van der Waals surface area contributed by atoms with Gasteiger partial charge in [0, 0.05) is 12.4 Å². The zero-order valence-corrected chi connectivity index (χ0v) is 7.75. The van der Waals surface area contributed by atoms with Gasteiger partial charge in [-0.2, -0.15) is 0 Å². The van der Waals surface area contributed by atoms with Crippen LogP contribution in [0.1, 0.15) is 39.5 Å². The Balaban J connectivity index is 3.60. The quantitative estimate of drug-likeness (QED) is 0.629. The van der Waals surface area contributed by atoms with Gasteiger partial charge in [-0.1, -0.05) is 26.7 Å². The van der Waals surface area contributed by atoms with Crippen molar-refractivity contribution in [3.8, 4) is 0 Å². The Labute approximate surface area is 73.4 Å². The summed E-state index contributed by atoms with van der Waals surface area (Å²) in [6, 6.07) is 0. The third-order valence-electron chi connectivity index (χ3n) is 2.05. The molecule has 0 rings (SSSR count). The van der Waals surface area contributed by atoms with E-state index in [0.717, 1.165) is 19.3 Å². The summed E-state index contributed by atoms with van der Waals surface area (Å²) in [6.07, 6.45) is 1.99. The minimum Gasteiger partial charge on any atom is -0.550 e. The summed E-state index contributed by atoms with van der Waals surface area (Å²) in [5, 5.41) is 19.4.